The van der Waals surface area contributed by atoms with Gasteiger partial charge in [0.1, 0.15) is 5.82 Å². The van der Waals surface area contributed by atoms with E-state index in [0.29, 0.717) is 6.54 Å². The number of aliphatic imine (C=N–C) groups is 1. The van der Waals surface area contributed by atoms with E-state index in [2.05, 4.69) is 65.6 Å². The molecular formula is C21H29IN6. The van der Waals surface area contributed by atoms with E-state index in [0.717, 1.165) is 43.4 Å². The van der Waals surface area contributed by atoms with Crippen molar-refractivity contribution in [1.82, 2.24) is 24.8 Å². The number of halogens is 1. The van der Waals surface area contributed by atoms with E-state index in [1.54, 1.807) is 0 Å². The Morgan fingerprint density at radius 3 is 2.54 bits per heavy atom. The first-order chi connectivity index (χ1) is 13.2. The summed E-state index contributed by atoms with van der Waals surface area (Å²) in [4.78, 5) is 6.93. The number of pyridine rings is 1. The van der Waals surface area contributed by atoms with Crippen molar-refractivity contribution < 1.29 is 0 Å². The van der Waals surface area contributed by atoms with Crippen molar-refractivity contribution in [3.63, 3.8) is 0 Å². The van der Waals surface area contributed by atoms with Crippen LogP contribution >= 0.6 is 24.0 Å². The number of nitrogens with one attached hydrogen (secondary N) is 1. The fraction of sp³-hybridized carbons (Fsp3) is 0.381. The van der Waals surface area contributed by atoms with Crippen LogP contribution in [0.15, 0.2) is 53.7 Å². The van der Waals surface area contributed by atoms with Gasteiger partial charge in [-0.25, -0.2) is 0 Å². The van der Waals surface area contributed by atoms with Crippen molar-refractivity contribution in [3.05, 3.63) is 65.6 Å². The summed E-state index contributed by atoms with van der Waals surface area (Å²) in [6.07, 6.45) is 3.81. The molecule has 0 saturated heterocycles. The van der Waals surface area contributed by atoms with Crippen LogP contribution in [0.1, 0.15) is 30.8 Å². The lowest BCUT2D eigenvalue weighted by Gasteiger charge is -2.22. The predicted molar refractivity (Wildman–Crippen MR) is 125 cm³/mol. The molecule has 0 fully saturated rings. The summed E-state index contributed by atoms with van der Waals surface area (Å²) >= 11 is 0. The highest BCUT2D eigenvalue weighted by Crippen LogP contribution is 2.08. The summed E-state index contributed by atoms with van der Waals surface area (Å²) in [6, 6.07) is 14.7. The molecule has 1 N–H and O–H groups in total. The van der Waals surface area contributed by atoms with E-state index in [1.807, 2.05) is 28.8 Å². The molecule has 3 aromatic rings. The summed E-state index contributed by atoms with van der Waals surface area (Å²) < 4.78 is 2.02. The van der Waals surface area contributed by atoms with Gasteiger partial charge in [0.05, 0.1) is 0 Å². The van der Waals surface area contributed by atoms with Crippen molar-refractivity contribution in [2.75, 3.05) is 20.1 Å². The average Bonchev–Trinajstić information content (AvgIpc) is 3.11. The smallest absolute Gasteiger partial charge is 0.193 e. The van der Waals surface area contributed by atoms with Gasteiger partial charge in [0, 0.05) is 39.3 Å². The zero-order valence-corrected chi connectivity index (χ0v) is 19.1. The van der Waals surface area contributed by atoms with E-state index in [4.69, 9.17) is 4.99 Å². The topological polar surface area (TPSA) is 57.8 Å². The molecule has 0 saturated carbocycles. The molecule has 2 aromatic heterocycles. The molecular weight excluding hydrogens is 463 g/mol. The fourth-order valence-corrected chi connectivity index (χ4v) is 3.02. The Kier molecular flexibility index (Phi) is 8.69. The van der Waals surface area contributed by atoms with Gasteiger partial charge in [-0.2, -0.15) is 0 Å². The summed E-state index contributed by atoms with van der Waals surface area (Å²) in [7, 11) is 2.07. The Morgan fingerprint density at radius 1 is 1.07 bits per heavy atom. The lowest BCUT2D eigenvalue weighted by atomic mass is 10.1. The number of aromatic nitrogens is 3. The van der Waals surface area contributed by atoms with E-state index in [-0.39, 0.29) is 24.0 Å². The molecule has 2 heterocycles. The van der Waals surface area contributed by atoms with E-state index in [1.165, 1.54) is 11.1 Å². The third-order valence-electron chi connectivity index (χ3n) is 4.53. The Hall–Kier alpha value is -2.16. The molecule has 0 radical (unpaired) electrons. The van der Waals surface area contributed by atoms with Gasteiger partial charge >= 0.3 is 0 Å². The lowest BCUT2D eigenvalue weighted by molar-refractivity contribution is 0.477. The molecule has 0 aliphatic carbocycles. The number of hydrogen-bond acceptors (Lipinski definition) is 3. The van der Waals surface area contributed by atoms with Gasteiger partial charge in [0.2, 0.25) is 0 Å². The van der Waals surface area contributed by atoms with Gasteiger partial charge in [0.25, 0.3) is 0 Å². The Labute approximate surface area is 184 Å². The molecule has 6 nitrogen and oxygen atoms in total. The van der Waals surface area contributed by atoms with Gasteiger partial charge in [0.15, 0.2) is 11.6 Å². The molecule has 0 atom stereocenters. The average molecular weight is 492 g/mol. The Morgan fingerprint density at radius 2 is 1.82 bits per heavy atom. The molecule has 7 heteroatoms. The maximum Gasteiger partial charge on any atom is 0.193 e. The molecule has 0 unspecified atom stereocenters. The third-order valence-corrected chi connectivity index (χ3v) is 4.53. The van der Waals surface area contributed by atoms with Crippen molar-refractivity contribution in [2.45, 2.75) is 33.2 Å². The first-order valence-corrected chi connectivity index (χ1v) is 9.57. The summed E-state index contributed by atoms with van der Waals surface area (Å²) in [5, 5.41) is 11.8. The number of aryl methyl sites for hydroxylation is 1. The molecule has 1 aromatic carbocycles. The van der Waals surface area contributed by atoms with Crippen LogP contribution in [0.2, 0.25) is 0 Å². The Balaban J connectivity index is 0.00000280. The molecule has 0 amide bonds. The van der Waals surface area contributed by atoms with Crippen molar-refractivity contribution in [3.8, 4) is 0 Å². The van der Waals surface area contributed by atoms with Crippen LogP contribution in [0, 0.1) is 0 Å². The van der Waals surface area contributed by atoms with Gasteiger partial charge in [-0.05, 0) is 36.6 Å². The minimum Gasteiger partial charge on any atom is -0.357 e. The normalized spacial score (nSPS) is 11.3. The van der Waals surface area contributed by atoms with E-state index in [9.17, 15) is 0 Å². The SMILES string of the molecule is CCNC(=NCCc1nnc2ccccn12)N(C)Cc1ccc(CC)cc1.I. The summed E-state index contributed by atoms with van der Waals surface area (Å²) in [6.45, 7) is 6.59. The third kappa shape index (κ3) is 5.67. The summed E-state index contributed by atoms with van der Waals surface area (Å²) in [5.41, 5.74) is 3.52. The molecule has 28 heavy (non-hydrogen) atoms. The highest BCUT2D eigenvalue weighted by molar-refractivity contribution is 14.0. The van der Waals surface area contributed by atoms with Crippen LogP contribution in [0.3, 0.4) is 0 Å². The number of rotatable bonds is 7. The van der Waals surface area contributed by atoms with Gasteiger partial charge in [-0.1, -0.05) is 37.3 Å². The first kappa shape index (κ1) is 22.1. The number of guanidine groups is 1. The second kappa shape index (κ2) is 11.0. The number of benzene rings is 1. The number of nitrogens with zero attached hydrogens (tertiary/aromatic N) is 5. The number of fused-ring (bicyclic) bond motifs is 1. The fourth-order valence-electron chi connectivity index (χ4n) is 3.02. The monoisotopic (exact) mass is 492 g/mol. The predicted octanol–water partition coefficient (Wildman–Crippen LogP) is 3.55. The highest BCUT2D eigenvalue weighted by Gasteiger charge is 2.08. The molecule has 0 spiro atoms. The molecule has 150 valence electrons. The molecule has 0 aliphatic rings. The van der Waals surface area contributed by atoms with Crippen LogP contribution in [0.5, 0.6) is 0 Å². The van der Waals surface area contributed by atoms with Crippen molar-refractivity contribution >= 4 is 35.6 Å². The van der Waals surface area contributed by atoms with Gasteiger partial charge in [-0.3, -0.25) is 9.39 Å². The maximum absolute atomic E-state index is 4.78. The largest absolute Gasteiger partial charge is 0.357 e. The zero-order valence-electron chi connectivity index (χ0n) is 16.8. The first-order valence-electron chi connectivity index (χ1n) is 9.57. The summed E-state index contributed by atoms with van der Waals surface area (Å²) in [5.74, 6) is 1.84. The maximum atomic E-state index is 4.78. The van der Waals surface area contributed by atoms with Crippen LogP contribution in [-0.4, -0.2) is 45.6 Å². The van der Waals surface area contributed by atoms with Crippen molar-refractivity contribution in [2.24, 2.45) is 4.99 Å². The van der Waals surface area contributed by atoms with E-state index >= 15 is 0 Å². The Bertz CT molecular complexity index is 887. The molecule has 3 rings (SSSR count). The standard InChI is InChI=1S/C21H28N6.HI/c1-4-17-9-11-18(12-10-17)16-26(3)21(22-5-2)23-14-13-20-25-24-19-8-6-7-15-27(19)20;/h6-12,15H,4-5,13-14,16H2,1-3H3,(H,22,23);1H. The molecule has 0 aliphatic heterocycles. The van der Waals surface area contributed by atoms with Crippen molar-refractivity contribution in [1.29, 1.82) is 0 Å². The lowest BCUT2D eigenvalue weighted by Crippen LogP contribution is -2.38. The highest BCUT2D eigenvalue weighted by atomic mass is 127. The number of hydrogen-bond donors (Lipinski definition) is 1. The molecule has 0 bridgehead atoms. The van der Waals surface area contributed by atoms with Gasteiger partial charge < -0.3 is 10.2 Å². The van der Waals surface area contributed by atoms with E-state index < -0.39 is 0 Å². The van der Waals surface area contributed by atoms with Crippen LogP contribution in [0.25, 0.3) is 5.65 Å². The van der Waals surface area contributed by atoms with Crippen LogP contribution < -0.4 is 5.32 Å². The quantitative estimate of drug-likeness (QED) is 0.312. The zero-order chi connectivity index (χ0) is 19.1. The minimum atomic E-state index is 0. The van der Waals surface area contributed by atoms with Crippen LogP contribution in [0.4, 0.5) is 0 Å². The van der Waals surface area contributed by atoms with Gasteiger partial charge in [-0.15, -0.1) is 34.2 Å². The van der Waals surface area contributed by atoms with Crippen LogP contribution in [-0.2, 0) is 19.4 Å². The second-order valence-electron chi connectivity index (χ2n) is 6.56. The second-order valence-corrected chi connectivity index (χ2v) is 6.56. The minimum absolute atomic E-state index is 0.